The predicted molar refractivity (Wildman–Crippen MR) is 129 cm³/mol. The Hall–Kier alpha value is -2.09. The zero-order valence-corrected chi connectivity index (χ0v) is 20.6. The van der Waals surface area contributed by atoms with Gasteiger partial charge in [-0.05, 0) is 88.0 Å². The second kappa shape index (κ2) is 9.88. The van der Waals surface area contributed by atoms with Crippen molar-refractivity contribution in [3.63, 3.8) is 0 Å². The lowest BCUT2D eigenvalue weighted by Crippen LogP contribution is -2.54. The molecule has 186 valence electrons. The first-order chi connectivity index (χ1) is 16.2. The van der Waals surface area contributed by atoms with E-state index in [2.05, 4.69) is 11.4 Å². The Morgan fingerprint density at radius 1 is 1.21 bits per heavy atom. The molecule has 0 saturated carbocycles. The molecule has 1 aromatic carbocycles. The Morgan fingerprint density at radius 2 is 1.85 bits per heavy atom. The van der Waals surface area contributed by atoms with Crippen molar-refractivity contribution in [1.29, 1.82) is 0 Å². The number of amides is 1. The lowest BCUT2D eigenvalue weighted by molar-refractivity contribution is -0.237. The number of ether oxygens (including phenoxy) is 2. The first-order valence-electron chi connectivity index (χ1n) is 12.4. The molecule has 1 aromatic rings. The van der Waals surface area contributed by atoms with E-state index in [9.17, 15) is 13.6 Å². The quantitative estimate of drug-likeness (QED) is 0.628. The van der Waals surface area contributed by atoms with Crippen LogP contribution in [0.1, 0.15) is 62.9 Å². The van der Waals surface area contributed by atoms with E-state index in [-0.39, 0.29) is 17.9 Å². The maximum atomic E-state index is 13.2. The number of fused-ring (bicyclic) bond motifs is 1. The Morgan fingerprint density at radius 3 is 2.44 bits per heavy atom. The summed E-state index contributed by atoms with van der Waals surface area (Å²) in [5.74, 6) is -0.226. The highest BCUT2D eigenvalue weighted by Gasteiger charge is 2.49. The average molecular weight is 475 g/mol. The standard InChI is InChI=1S/C27H36F2N2O3/c1-5-31(6-2)24(32)20-9-7-19(8-10-20)22-17-27(13-15-30-16-14-27)33-23-18(3)26(4,34-25(28)29)12-11-21(22)23/h7-11,17-18,23,25,30H,5-6,12-16H2,1-4H3. The first-order valence-corrected chi connectivity index (χ1v) is 12.4. The minimum atomic E-state index is -2.83. The minimum absolute atomic E-state index is 0.0237. The topological polar surface area (TPSA) is 50.8 Å². The summed E-state index contributed by atoms with van der Waals surface area (Å²) in [6.45, 7) is 7.84. The van der Waals surface area contributed by atoms with E-state index in [0.29, 0.717) is 25.1 Å². The molecule has 0 bridgehead atoms. The van der Waals surface area contributed by atoms with Gasteiger partial charge in [-0.2, -0.15) is 8.78 Å². The fourth-order valence-electron chi connectivity index (χ4n) is 5.47. The Kier molecular flexibility index (Phi) is 7.27. The number of piperidine rings is 1. The highest BCUT2D eigenvalue weighted by molar-refractivity contribution is 5.95. The van der Waals surface area contributed by atoms with Crippen LogP contribution in [0.25, 0.3) is 5.57 Å². The third-order valence-corrected chi connectivity index (χ3v) is 7.83. The first kappa shape index (κ1) is 25.0. The Bertz CT molecular complexity index is 949. The van der Waals surface area contributed by atoms with Crippen LogP contribution in [0.3, 0.4) is 0 Å². The van der Waals surface area contributed by atoms with Gasteiger partial charge in [0.25, 0.3) is 5.91 Å². The van der Waals surface area contributed by atoms with Crippen molar-refractivity contribution in [3.05, 3.63) is 53.1 Å². The summed E-state index contributed by atoms with van der Waals surface area (Å²) >= 11 is 0. The zero-order chi connectivity index (χ0) is 24.5. The van der Waals surface area contributed by atoms with Gasteiger partial charge in [-0.1, -0.05) is 25.1 Å². The maximum Gasteiger partial charge on any atom is 0.345 e. The van der Waals surface area contributed by atoms with Crippen molar-refractivity contribution in [2.45, 2.75) is 70.9 Å². The molecule has 1 spiro atoms. The normalized spacial score (nSPS) is 28.3. The van der Waals surface area contributed by atoms with Crippen LogP contribution in [0.15, 0.2) is 42.0 Å². The van der Waals surface area contributed by atoms with E-state index in [1.165, 1.54) is 0 Å². The number of rotatable bonds is 6. The van der Waals surface area contributed by atoms with Crippen LogP contribution in [-0.4, -0.2) is 60.9 Å². The molecule has 1 amide bonds. The number of alkyl halides is 2. The molecule has 2 aliphatic heterocycles. The van der Waals surface area contributed by atoms with Crippen molar-refractivity contribution in [2.24, 2.45) is 5.92 Å². The second-order valence-electron chi connectivity index (χ2n) is 9.81. The molecule has 3 aliphatic rings. The van der Waals surface area contributed by atoms with Crippen LogP contribution in [0, 0.1) is 5.92 Å². The van der Waals surface area contributed by atoms with Crippen LogP contribution >= 0.6 is 0 Å². The van der Waals surface area contributed by atoms with Crippen LogP contribution in [0.2, 0.25) is 0 Å². The van der Waals surface area contributed by atoms with Crippen molar-refractivity contribution in [1.82, 2.24) is 10.2 Å². The zero-order valence-electron chi connectivity index (χ0n) is 20.6. The van der Waals surface area contributed by atoms with E-state index < -0.39 is 17.8 Å². The number of nitrogens with zero attached hydrogens (tertiary/aromatic N) is 1. The highest BCUT2D eigenvalue weighted by atomic mass is 19.3. The van der Waals surface area contributed by atoms with Crippen molar-refractivity contribution in [2.75, 3.05) is 26.2 Å². The van der Waals surface area contributed by atoms with Gasteiger partial charge in [0.05, 0.1) is 17.3 Å². The maximum absolute atomic E-state index is 13.2. The number of hydrogen-bond donors (Lipinski definition) is 1. The molecule has 1 N–H and O–H groups in total. The summed E-state index contributed by atoms with van der Waals surface area (Å²) in [5.41, 5.74) is 2.33. The molecule has 3 unspecified atom stereocenters. The third-order valence-electron chi connectivity index (χ3n) is 7.83. The Labute approximate surface area is 201 Å². The van der Waals surface area contributed by atoms with Gasteiger partial charge in [0.2, 0.25) is 0 Å². The number of hydrogen-bond acceptors (Lipinski definition) is 4. The fourth-order valence-corrected chi connectivity index (χ4v) is 5.47. The molecule has 1 saturated heterocycles. The molecule has 5 nitrogen and oxygen atoms in total. The van der Waals surface area contributed by atoms with Gasteiger partial charge >= 0.3 is 6.61 Å². The molecule has 34 heavy (non-hydrogen) atoms. The molecule has 3 atom stereocenters. The van der Waals surface area contributed by atoms with Crippen molar-refractivity contribution >= 4 is 11.5 Å². The smallest absolute Gasteiger partial charge is 0.345 e. The molecule has 1 aliphatic carbocycles. The third kappa shape index (κ3) is 4.70. The van der Waals surface area contributed by atoms with E-state index >= 15 is 0 Å². The second-order valence-corrected chi connectivity index (χ2v) is 9.81. The molecular formula is C27H36F2N2O3. The molecule has 0 aromatic heterocycles. The van der Waals surface area contributed by atoms with Crippen LogP contribution < -0.4 is 5.32 Å². The van der Waals surface area contributed by atoms with E-state index in [1.54, 1.807) is 11.8 Å². The van der Waals surface area contributed by atoms with E-state index in [4.69, 9.17) is 9.47 Å². The lowest BCUT2D eigenvalue weighted by atomic mass is 9.70. The SMILES string of the molecule is CCN(CC)C(=O)c1ccc(C2=CC3(CCNCC3)OC3C2=CCC(C)(OC(F)F)C3C)cc1. The van der Waals surface area contributed by atoms with Gasteiger partial charge in [-0.15, -0.1) is 0 Å². The number of carbonyl (C=O) groups excluding carboxylic acids is 1. The van der Waals surface area contributed by atoms with Gasteiger partial charge in [0.1, 0.15) is 0 Å². The number of carbonyl (C=O) groups is 1. The van der Waals surface area contributed by atoms with Crippen LogP contribution in [0.4, 0.5) is 8.78 Å². The van der Waals surface area contributed by atoms with Crippen LogP contribution in [-0.2, 0) is 9.47 Å². The monoisotopic (exact) mass is 474 g/mol. The molecule has 7 heteroatoms. The summed E-state index contributed by atoms with van der Waals surface area (Å²) in [4.78, 5) is 14.6. The van der Waals surface area contributed by atoms with E-state index in [0.717, 1.165) is 42.6 Å². The lowest BCUT2D eigenvalue weighted by Gasteiger charge is -2.50. The van der Waals surface area contributed by atoms with Gasteiger partial charge in [0.15, 0.2) is 0 Å². The van der Waals surface area contributed by atoms with Gasteiger partial charge in [-0.3, -0.25) is 4.79 Å². The molecule has 1 fully saturated rings. The largest absolute Gasteiger partial charge is 0.362 e. The Balaban J connectivity index is 1.72. The summed E-state index contributed by atoms with van der Waals surface area (Å²) in [7, 11) is 0. The fraction of sp³-hybridized carbons (Fsp3) is 0.593. The van der Waals surface area contributed by atoms with E-state index in [1.807, 2.05) is 51.1 Å². The summed E-state index contributed by atoms with van der Waals surface area (Å²) in [5, 5.41) is 3.39. The predicted octanol–water partition coefficient (Wildman–Crippen LogP) is 5.04. The molecule has 2 heterocycles. The van der Waals surface area contributed by atoms with Gasteiger partial charge < -0.3 is 19.7 Å². The van der Waals surface area contributed by atoms with Gasteiger partial charge in [0, 0.05) is 24.6 Å². The molecular weight excluding hydrogens is 438 g/mol. The van der Waals surface area contributed by atoms with Gasteiger partial charge in [-0.25, -0.2) is 0 Å². The summed E-state index contributed by atoms with van der Waals surface area (Å²) in [6.07, 6.45) is 5.91. The minimum Gasteiger partial charge on any atom is -0.362 e. The number of nitrogens with one attached hydrogen (secondary N) is 1. The number of benzene rings is 1. The highest BCUT2D eigenvalue weighted by Crippen LogP contribution is 2.49. The van der Waals surface area contributed by atoms with Crippen molar-refractivity contribution < 1.29 is 23.0 Å². The van der Waals surface area contributed by atoms with Crippen molar-refractivity contribution in [3.8, 4) is 0 Å². The molecule has 0 radical (unpaired) electrons. The summed E-state index contributed by atoms with van der Waals surface area (Å²) in [6, 6.07) is 7.75. The molecule has 4 rings (SSSR count). The average Bonchev–Trinajstić information content (AvgIpc) is 2.82. The van der Waals surface area contributed by atoms with Crippen LogP contribution in [0.5, 0.6) is 0 Å². The summed E-state index contributed by atoms with van der Waals surface area (Å²) < 4.78 is 38.3. The number of halogens is 2.